The van der Waals surface area contributed by atoms with E-state index in [2.05, 4.69) is 49.3 Å². The van der Waals surface area contributed by atoms with Gasteiger partial charge in [0.2, 0.25) is 0 Å². The summed E-state index contributed by atoms with van der Waals surface area (Å²) in [5.74, 6) is 0. The fraction of sp³-hybridized carbons (Fsp3) is 0.207. The van der Waals surface area contributed by atoms with Gasteiger partial charge in [-0.2, -0.15) is 5.10 Å². The van der Waals surface area contributed by atoms with Gasteiger partial charge in [-0.25, -0.2) is 4.98 Å². The first-order valence-corrected chi connectivity index (χ1v) is 12.5. The quantitative estimate of drug-likeness (QED) is 0.301. The lowest BCUT2D eigenvalue weighted by Gasteiger charge is -2.26. The first kappa shape index (κ1) is 21.1. The fourth-order valence-corrected chi connectivity index (χ4v) is 5.29. The van der Waals surface area contributed by atoms with Crippen LogP contribution in [0.4, 0.5) is 0 Å². The molecule has 7 nitrogen and oxygen atoms in total. The SMILES string of the molecule is c1cc(-c2ccoc2)c2cc(-c3n[nH]c4ccc(-c5cncc(CN6CCCCC6)c5)nc34)[nH]c2c1. The predicted octanol–water partition coefficient (Wildman–Crippen LogP) is 6.41. The van der Waals surface area contributed by atoms with Crippen LogP contribution in [0.2, 0.25) is 0 Å². The maximum atomic E-state index is 5.32. The summed E-state index contributed by atoms with van der Waals surface area (Å²) in [5.41, 5.74) is 9.84. The highest BCUT2D eigenvalue weighted by atomic mass is 16.3. The van der Waals surface area contributed by atoms with E-state index in [1.54, 1.807) is 12.5 Å². The highest BCUT2D eigenvalue weighted by Gasteiger charge is 2.16. The third-order valence-corrected chi connectivity index (χ3v) is 7.10. The Morgan fingerprint density at radius 3 is 2.75 bits per heavy atom. The van der Waals surface area contributed by atoms with Crippen molar-refractivity contribution in [2.45, 2.75) is 25.8 Å². The van der Waals surface area contributed by atoms with Crippen molar-refractivity contribution >= 4 is 21.9 Å². The Balaban J connectivity index is 1.26. The molecule has 0 aliphatic carbocycles. The second-order valence-corrected chi connectivity index (χ2v) is 9.55. The third-order valence-electron chi connectivity index (χ3n) is 7.10. The predicted molar refractivity (Wildman–Crippen MR) is 141 cm³/mol. The molecule has 0 radical (unpaired) electrons. The molecule has 0 amide bonds. The Hall–Kier alpha value is -4.23. The van der Waals surface area contributed by atoms with Gasteiger partial charge in [-0.05, 0) is 73.5 Å². The molecule has 0 saturated carbocycles. The summed E-state index contributed by atoms with van der Waals surface area (Å²) in [4.78, 5) is 15.6. The second-order valence-electron chi connectivity index (χ2n) is 9.55. The summed E-state index contributed by atoms with van der Waals surface area (Å²) >= 11 is 0. The molecule has 1 fully saturated rings. The molecule has 1 aromatic carbocycles. The number of piperidine rings is 1. The number of aromatic amines is 2. The van der Waals surface area contributed by atoms with Crippen LogP contribution in [-0.4, -0.2) is 43.1 Å². The smallest absolute Gasteiger partial charge is 0.135 e. The summed E-state index contributed by atoms with van der Waals surface area (Å²) in [6, 6.07) is 16.7. The first-order valence-electron chi connectivity index (χ1n) is 12.5. The molecule has 1 aliphatic heterocycles. The molecule has 5 aromatic heterocycles. The number of hydrogen-bond acceptors (Lipinski definition) is 5. The van der Waals surface area contributed by atoms with Gasteiger partial charge in [-0.15, -0.1) is 0 Å². The van der Waals surface area contributed by atoms with Crippen molar-refractivity contribution < 1.29 is 4.42 Å². The molecule has 6 heterocycles. The van der Waals surface area contributed by atoms with Crippen LogP contribution in [-0.2, 0) is 6.54 Å². The summed E-state index contributed by atoms with van der Waals surface area (Å²) in [6.07, 6.45) is 11.2. The third kappa shape index (κ3) is 3.78. The molecule has 0 atom stereocenters. The maximum absolute atomic E-state index is 5.32. The Morgan fingerprint density at radius 2 is 1.86 bits per heavy atom. The van der Waals surface area contributed by atoms with Crippen molar-refractivity contribution in [2.24, 2.45) is 0 Å². The minimum atomic E-state index is 0.804. The van der Waals surface area contributed by atoms with E-state index in [1.165, 1.54) is 37.9 Å². The minimum Gasteiger partial charge on any atom is -0.472 e. The van der Waals surface area contributed by atoms with Crippen molar-refractivity contribution in [1.82, 2.24) is 30.0 Å². The molecule has 1 aliphatic rings. The molecule has 6 aromatic rings. The Kier molecular flexibility index (Phi) is 5.14. The van der Waals surface area contributed by atoms with Crippen LogP contribution in [0.1, 0.15) is 24.8 Å². The zero-order valence-electron chi connectivity index (χ0n) is 19.9. The van der Waals surface area contributed by atoms with E-state index in [0.29, 0.717) is 0 Å². The van der Waals surface area contributed by atoms with Gasteiger partial charge in [0.25, 0.3) is 0 Å². The van der Waals surface area contributed by atoms with Gasteiger partial charge in [0.15, 0.2) is 0 Å². The van der Waals surface area contributed by atoms with E-state index in [0.717, 1.165) is 62.3 Å². The van der Waals surface area contributed by atoms with Crippen LogP contribution in [0, 0.1) is 0 Å². The average molecular weight is 475 g/mol. The number of likely N-dealkylation sites (tertiary alicyclic amines) is 1. The van der Waals surface area contributed by atoms with Gasteiger partial charge >= 0.3 is 0 Å². The number of pyridine rings is 2. The van der Waals surface area contributed by atoms with Crippen molar-refractivity contribution in [3.05, 3.63) is 79.0 Å². The molecule has 7 rings (SSSR count). The van der Waals surface area contributed by atoms with Gasteiger partial charge < -0.3 is 9.40 Å². The molecule has 0 spiro atoms. The van der Waals surface area contributed by atoms with E-state index in [9.17, 15) is 0 Å². The highest BCUT2D eigenvalue weighted by Crippen LogP contribution is 2.34. The number of furan rings is 1. The molecule has 0 unspecified atom stereocenters. The minimum absolute atomic E-state index is 0.804. The number of benzene rings is 1. The van der Waals surface area contributed by atoms with Crippen LogP contribution in [0.3, 0.4) is 0 Å². The summed E-state index contributed by atoms with van der Waals surface area (Å²) in [7, 11) is 0. The lowest BCUT2D eigenvalue weighted by Crippen LogP contribution is -2.29. The van der Waals surface area contributed by atoms with Crippen LogP contribution < -0.4 is 0 Å². The molecule has 7 heteroatoms. The fourth-order valence-electron chi connectivity index (χ4n) is 5.29. The van der Waals surface area contributed by atoms with E-state index in [-0.39, 0.29) is 0 Å². The second kappa shape index (κ2) is 8.77. The maximum Gasteiger partial charge on any atom is 0.135 e. The van der Waals surface area contributed by atoms with E-state index >= 15 is 0 Å². The van der Waals surface area contributed by atoms with Gasteiger partial charge in [-0.1, -0.05) is 18.6 Å². The van der Waals surface area contributed by atoms with Gasteiger partial charge in [-0.3, -0.25) is 15.0 Å². The summed E-state index contributed by atoms with van der Waals surface area (Å²) in [6.45, 7) is 3.27. The summed E-state index contributed by atoms with van der Waals surface area (Å²) < 4.78 is 5.32. The number of H-pyrrole nitrogens is 2. The Morgan fingerprint density at radius 1 is 0.917 bits per heavy atom. The Bertz CT molecular complexity index is 1660. The van der Waals surface area contributed by atoms with Crippen molar-refractivity contribution in [2.75, 3.05) is 13.1 Å². The van der Waals surface area contributed by atoms with Crippen LogP contribution in [0.15, 0.2) is 77.9 Å². The molecule has 36 heavy (non-hydrogen) atoms. The molecule has 0 bridgehead atoms. The van der Waals surface area contributed by atoms with Gasteiger partial charge in [0.05, 0.1) is 29.4 Å². The van der Waals surface area contributed by atoms with Crippen molar-refractivity contribution in [3.8, 4) is 33.8 Å². The zero-order valence-corrected chi connectivity index (χ0v) is 19.9. The normalized spacial score (nSPS) is 14.7. The topological polar surface area (TPSA) is 86.6 Å². The van der Waals surface area contributed by atoms with Crippen LogP contribution in [0.5, 0.6) is 0 Å². The average Bonchev–Trinajstić information content (AvgIpc) is 3.68. The van der Waals surface area contributed by atoms with Gasteiger partial charge in [0.1, 0.15) is 11.2 Å². The molecule has 2 N–H and O–H groups in total. The molecule has 1 saturated heterocycles. The highest BCUT2D eigenvalue weighted by molar-refractivity contribution is 6.00. The molecule has 178 valence electrons. The zero-order chi connectivity index (χ0) is 23.9. The lowest BCUT2D eigenvalue weighted by molar-refractivity contribution is 0.220. The number of nitrogens with one attached hydrogen (secondary N) is 2. The molecular formula is C29H26N6O. The van der Waals surface area contributed by atoms with Crippen LogP contribution >= 0.6 is 0 Å². The number of aromatic nitrogens is 5. The van der Waals surface area contributed by atoms with Crippen molar-refractivity contribution in [3.63, 3.8) is 0 Å². The van der Waals surface area contributed by atoms with E-state index in [1.807, 2.05) is 36.7 Å². The number of nitrogens with zero attached hydrogens (tertiary/aromatic N) is 4. The standard InChI is InChI=1S/C29H26N6O/c1-2-10-35(11-3-1)17-19-13-21(16-30-15-19)24-7-8-26-28(32-24)29(34-33-26)27-14-23-22(20-9-12-36-18-20)5-4-6-25(23)31-27/h4-9,12-16,18,31H,1-3,10-11,17H2,(H,33,34). The Labute approximate surface area is 208 Å². The van der Waals surface area contributed by atoms with E-state index < -0.39 is 0 Å². The lowest BCUT2D eigenvalue weighted by atomic mass is 10.0. The number of fused-ring (bicyclic) bond motifs is 2. The van der Waals surface area contributed by atoms with Crippen molar-refractivity contribution in [1.29, 1.82) is 0 Å². The number of rotatable bonds is 5. The van der Waals surface area contributed by atoms with Crippen LogP contribution in [0.25, 0.3) is 55.7 Å². The molecular weight excluding hydrogens is 448 g/mol. The van der Waals surface area contributed by atoms with Gasteiger partial charge in [0, 0.05) is 41.0 Å². The monoisotopic (exact) mass is 474 g/mol. The first-order chi connectivity index (χ1) is 17.8. The number of hydrogen-bond donors (Lipinski definition) is 2. The van der Waals surface area contributed by atoms with E-state index in [4.69, 9.17) is 9.40 Å². The largest absolute Gasteiger partial charge is 0.472 e. The summed E-state index contributed by atoms with van der Waals surface area (Å²) in [5, 5.41) is 8.89.